The van der Waals surface area contributed by atoms with Crippen LogP contribution in [0.4, 0.5) is 0 Å². The summed E-state index contributed by atoms with van der Waals surface area (Å²) in [7, 11) is 8.58. The maximum atomic E-state index is 4.57. The third-order valence-corrected chi connectivity index (χ3v) is 3.65. The molecule has 0 fully saturated rings. The summed E-state index contributed by atoms with van der Waals surface area (Å²) in [5.41, 5.74) is 0. The van der Waals surface area contributed by atoms with Crippen molar-refractivity contribution in [2.45, 2.75) is 65.2 Å². The molecule has 0 radical (unpaired) electrons. The van der Waals surface area contributed by atoms with Gasteiger partial charge < -0.3 is 4.90 Å². The highest BCUT2D eigenvalue weighted by atomic mass is 15.5. The van der Waals surface area contributed by atoms with Gasteiger partial charge in [-0.3, -0.25) is 4.48 Å². The van der Waals surface area contributed by atoms with E-state index in [0.29, 0.717) is 0 Å². The zero-order chi connectivity index (χ0) is 15.4. The van der Waals surface area contributed by atoms with Crippen molar-refractivity contribution >= 4 is 5.96 Å². The molecular formula is C17H38N3+. The predicted octanol–water partition coefficient (Wildman–Crippen LogP) is 4.14. The molecule has 0 saturated heterocycles. The Balaban J connectivity index is 4.44. The molecule has 3 nitrogen and oxygen atoms in total. The summed E-state index contributed by atoms with van der Waals surface area (Å²) >= 11 is 0. The van der Waals surface area contributed by atoms with Crippen LogP contribution < -0.4 is 0 Å². The van der Waals surface area contributed by atoms with Crippen LogP contribution >= 0.6 is 0 Å². The SMILES string of the molecule is CCCCCCN(CCCCCC)/C(=N\C)[N+](C)(C)C. The van der Waals surface area contributed by atoms with Crippen molar-refractivity contribution < 1.29 is 4.48 Å². The number of rotatable bonds is 10. The number of quaternary nitrogens is 1. The van der Waals surface area contributed by atoms with Crippen molar-refractivity contribution in [1.29, 1.82) is 0 Å². The number of hydrogen-bond acceptors (Lipinski definition) is 1. The molecule has 0 aromatic heterocycles. The first-order chi connectivity index (χ1) is 9.47. The predicted molar refractivity (Wildman–Crippen MR) is 91.2 cm³/mol. The molecule has 0 aromatic rings. The number of unbranched alkanes of at least 4 members (excludes halogenated alkanes) is 6. The minimum atomic E-state index is 0.818. The topological polar surface area (TPSA) is 15.6 Å². The second-order valence-corrected chi connectivity index (χ2v) is 6.64. The van der Waals surface area contributed by atoms with Crippen LogP contribution in [0.25, 0.3) is 0 Å². The highest BCUT2D eigenvalue weighted by Crippen LogP contribution is 2.09. The van der Waals surface area contributed by atoms with Gasteiger partial charge in [0.2, 0.25) is 0 Å². The molecule has 0 unspecified atom stereocenters. The quantitative estimate of drug-likeness (QED) is 0.255. The summed E-state index contributed by atoms with van der Waals surface area (Å²) in [6.07, 6.45) is 10.6. The first-order valence-corrected chi connectivity index (χ1v) is 8.51. The minimum Gasteiger partial charge on any atom is -0.311 e. The smallest absolute Gasteiger partial charge is 0.299 e. The van der Waals surface area contributed by atoms with E-state index >= 15 is 0 Å². The Morgan fingerprint density at radius 3 is 1.55 bits per heavy atom. The Kier molecular flexibility index (Phi) is 10.8. The molecule has 120 valence electrons. The van der Waals surface area contributed by atoms with Gasteiger partial charge in [0.05, 0.1) is 21.1 Å². The van der Waals surface area contributed by atoms with E-state index in [-0.39, 0.29) is 0 Å². The lowest BCUT2D eigenvalue weighted by Crippen LogP contribution is -2.52. The van der Waals surface area contributed by atoms with Crippen LogP contribution in [0.3, 0.4) is 0 Å². The number of guanidine groups is 1. The Morgan fingerprint density at radius 1 is 0.800 bits per heavy atom. The fraction of sp³-hybridized carbons (Fsp3) is 0.941. The van der Waals surface area contributed by atoms with Gasteiger partial charge >= 0.3 is 0 Å². The minimum absolute atomic E-state index is 0.818. The lowest BCUT2D eigenvalue weighted by atomic mass is 10.1. The Morgan fingerprint density at radius 2 is 1.25 bits per heavy atom. The first-order valence-electron chi connectivity index (χ1n) is 8.51. The van der Waals surface area contributed by atoms with E-state index in [0.717, 1.165) is 17.6 Å². The molecule has 0 spiro atoms. The fourth-order valence-corrected chi connectivity index (χ4v) is 2.64. The van der Waals surface area contributed by atoms with Crippen molar-refractivity contribution in [2.24, 2.45) is 4.99 Å². The molecule has 0 amide bonds. The molecule has 0 bridgehead atoms. The summed E-state index contributed by atoms with van der Waals surface area (Å²) in [5.74, 6) is 1.22. The summed E-state index contributed by atoms with van der Waals surface area (Å²) in [6.45, 7) is 6.86. The van der Waals surface area contributed by atoms with Crippen LogP contribution in [0, 0.1) is 0 Å². The molecule has 0 saturated carbocycles. The second kappa shape index (κ2) is 11.1. The summed E-state index contributed by atoms with van der Waals surface area (Å²) in [4.78, 5) is 7.09. The zero-order valence-corrected chi connectivity index (χ0v) is 14.9. The monoisotopic (exact) mass is 284 g/mol. The average molecular weight is 285 g/mol. The largest absolute Gasteiger partial charge is 0.311 e. The first kappa shape index (κ1) is 19.4. The van der Waals surface area contributed by atoms with Gasteiger partial charge in [-0.2, -0.15) is 0 Å². The van der Waals surface area contributed by atoms with Crippen molar-refractivity contribution in [3.63, 3.8) is 0 Å². The van der Waals surface area contributed by atoms with Gasteiger partial charge in [-0.15, -0.1) is 0 Å². The van der Waals surface area contributed by atoms with Gasteiger partial charge in [-0.25, -0.2) is 4.99 Å². The van der Waals surface area contributed by atoms with Gasteiger partial charge in [0.15, 0.2) is 0 Å². The zero-order valence-electron chi connectivity index (χ0n) is 14.9. The van der Waals surface area contributed by atoms with Crippen molar-refractivity contribution in [3.8, 4) is 0 Å². The summed E-state index contributed by atoms with van der Waals surface area (Å²) < 4.78 is 0.818. The molecule has 0 aliphatic carbocycles. The van der Waals surface area contributed by atoms with Crippen LogP contribution in [0.1, 0.15) is 65.2 Å². The average Bonchev–Trinajstić information content (AvgIpc) is 2.38. The van der Waals surface area contributed by atoms with Crippen LogP contribution in [0.15, 0.2) is 4.99 Å². The maximum absolute atomic E-state index is 4.57. The number of hydrogen-bond donors (Lipinski definition) is 0. The van der Waals surface area contributed by atoms with Crippen LogP contribution in [0.5, 0.6) is 0 Å². The van der Waals surface area contributed by atoms with Gasteiger partial charge in [-0.05, 0) is 12.8 Å². The summed E-state index contributed by atoms with van der Waals surface area (Å²) in [5, 5.41) is 0. The lowest BCUT2D eigenvalue weighted by Gasteiger charge is -2.33. The van der Waals surface area contributed by atoms with E-state index in [4.69, 9.17) is 0 Å². The van der Waals surface area contributed by atoms with Gasteiger partial charge in [0.1, 0.15) is 0 Å². The molecule has 0 aliphatic heterocycles. The van der Waals surface area contributed by atoms with E-state index in [1.54, 1.807) is 0 Å². The Hall–Kier alpha value is -0.570. The number of nitrogens with zero attached hydrogens (tertiary/aromatic N) is 3. The van der Waals surface area contributed by atoms with Crippen LogP contribution in [-0.4, -0.2) is 56.6 Å². The molecule has 0 N–H and O–H groups in total. The molecule has 0 heterocycles. The van der Waals surface area contributed by atoms with Crippen molar-refractivity contribution in [2.75, 3.05) is 41.3 Å². The van der Waals surface area contributed by atoms with Crippen molar-refractivity contribution in [1.82, 2.24) is 4.90 Å². The van der Waals surface area contributed by atoms with Crippen LogP contribution in [0.2, 0.25) is 0 Å². The van der Waals surface area contributed by atoms with E-state index in [1.165, 1.54) is 57.3 Å². The second-order valence-electron chi connectivity index (χ2n) is 6.64. The normalized spacial score (nSPS) is 12.8. The van der Waals surface area contributed by atoms with Crippen LogP contribution in [-0.2, 0) is 0 Å². The fourth-order valence-electron chi connectivity index (χ4n) is 2.64. The standard InChI is InChI=1S/C17H38N3/c1-7-9-11-13-15-19(16-14-12-10-8-2)17(18-3)20(4,5)6/h7-16H2,1-6H3/q+1/b18-17+. The molecule has 0 aromatic carbocycles. The lowest BCUT2D eigenvalue weighted by molar-refractivity contribution is -0.783. The van der Waals surface area contributed by atoms with Gasteiger partial charge in [0, 0.05) is 20.1 Å². The van der Waals surface area contributed by atoms with Gasteiger partial charge in [0.25, 0.3) is 5.96 Å². The highest BCUT2D eigenvalue weighted by Gasteiger charge is 2.24. The van der Waals surface area contributed by atoms with E-state index < -0.39 is 0 Å². The van der Waals surface area contributed by atoms with E-state index in [1.807, 2.05) is 7.05 Å². The maximum Gasteiger partial charge on any atom is 0.299 e. The van der Waals surface area contributed by atoms with E-state index in [2.05, 4.69) is 44.9 Å². The van der Waals surface area contributed by atoms with E-state index in [9.17, 15) is 0 Å². The molecule has 20 heavy (non-hydrogen) atoms. The molecule has 0 atom stereocenters. The highest BCUT2D eigenvalue weighted by molar-refractivity contribution is 5.72. The van der Waals surface area contributed by atoms with Crippen molar-refractivity contribution in [3.05, 3.63) is 0 Å². The molecular weight excluding hydrogens is 246 g/mol. The van der Waals surface area contributed by atoms with Gasteiger partial charge in [-0.1, -0.05) is 52.4 Å². The molecule has 0 rings (SSSR count). The third kappa shape index (κ3) is 8.57. The Bertz CT molecular complexity index is 241. The molecule has 3 heteroatoms. The third-order valence-electron chi connectivity index (χ3n) is 3.65. The Labute approximate surface area is 127 Å². The summed E-state index contributed by atoms with van der Waals surface area (Å²) in [6, 6.07) is 0. The molecule has 0 aliphatic rings. The number of aliphatic imine (C=N–C) groups is 1.